The minimum atomic E-state index is -0.318. The zero-order valence-electron chi connectivity index (χ0n) is 14.2. The van der Waals surface area contributed by atoms with Gasteiger partial charge in [-0.2, -0.15) is 0 Å². The van der Waals surface area contributed by atoms with Gasteiger partial charge in [0.15, 0.2) is 6.61 Å². The molecule has 0 aliphatic heterocycles. The first kappa shape index (κ1) is 18.8. The predicted molar refractivity (Wildman–Crippen MR) is 97.6 cm³/mol. The third-order valence-corrected chi connectivity index (χ3v) is 3.73. The van der Waals surface area contributed by atoms with Crippen molar-refractivity contribution in [3.8, 4) is 11.5 Å². The molecule has 1 N–H and O–H groups in total. The first-order valence-electron chi connectivity index (χ1n) is 7.82. The van der Waals surface area contributed by atoms with E-state index in [0.29, 0.717) is 35.1 Å². The van der Waals surface area contributed by atoms with Gasteiger partial charge in [0, 0.05) is 11.4 Å². The Balaban J connectivity index is 1.87. The van der Waals surface area contributed by atoms with Crippen molar-refractivity contribution < 1.29 is 19.1 Å². The number of carbonyl (C=O) groups excluding carboxylic acids is 2. The Kier molecular flexibility index (Phi) is 6.83. The van der Waals surface area contributed by atoms with Gasteiger partial charge in [0.25, 0.3) is 5.91 Å². The van der Waals surface area contributed by atoms with Crippen molar-refractivity contribution in [2.75, 3.05) is 19.0 Å². The van der Waals surface area contributed by atoms with Gasteiger partial charge < -0.3 is 19.6 Å². The van der Waals surface area contributed by atoms with E-state index in [-0.39, 0.29) is 18.3 Å². The van der Waals surface area contributed by atoms with Crippen LogP contribution in [-0.4, -0.2) is 25.4 Å². The highest BCUT2D eigenvalue weighted by atomic mass is 35.5. The van der Waals surface area contributed by atoms with Crippen LogP contribution in [0.15, 0.2) is 42.5 Å². The van der Waals surface area contributed by atoms with Crippen LogP contribution in [0.1, 0.15) is 18.9 Å². The van der Waals surface area contributed by atoms with Crippen LogP contribution in [0.4, 0.5) is 5.69 Å². The van der Waals surface area contributed by atoms with Gasteiger partial charge in [0.05, 0.1) is 12.8 Å². The third kappa shape index (κ3) is 6.12. The fourth-order valence-electron chi connectivity index (χ4n) is 2.19. The van der Waals surface area contributed by atoms with Crippen LogP contribution in [0.25, 0.3) is 0 Å². The Hall–Kier alpha value is -2.53. The van der Waals surface area contributed by atoms with Gasteiger partial charge >= 0.3 is 0 Å². The zero-order valence-corrected chi connectivity index (χ0v) is 14.9. The lowest BCUT2D eigenvalue weighted by molar-refractivity contribution is -0.118. The molecule has 0 bridgehead atoms. The fourth-order valence-corrected chi connectivity index (χ4v) is 2.36. The van der Waals surface area contributed by atoms with Crippen molar-refractivity contribution in [2.45, 2.75) is 19.8 Å². The summed E-state index contributed by atoms with van der Waals surface area (Å²) >= 11 is 5.93. The average molecular weight is 362 g/mol. The maximum absolute atomic E-state index is 12.0. The number of aryl methyl sites for hydroxylation is 1. The number of ketones is 1. The van der Waals surface area contributed by atoms with E-state index in [1.807, 2.05) is 12.1 Å². The molecule has 0 aliphatic rings. The molecule has 0 saturated heterocycles. The Morgan fingerprint density at radius 2 is 1.84 bits per heavy atom. The molecule has 0 saturated carbocycles. The van der Waals surface area contributed by atoms with Gasteiger partial charge in [-0.3, -0.25) is 4.79 Å². The number of rotatable bonds is 8. The lowest BCUT2D eigenvalue weighted by Crippen LogP contribution is -2.20. The second kappa shape index (κ2) is 9.08. The lowest BCUT2D eigenvalue weighted by atomic mass is 10.1. The summed E-state index contributed by atoms with van der Waals surface area (Å²) in [6.45, 7) is 1.44. The van der Waals surface area contributed by atoms with E-state index in [4.69, 9.17) is 21.1 Å². The van der Waals surface area contributed by atoms with E-state index in [1.54, 1.807) is 37.3 Å². The number of hydrogen-bond donors (Lipinski definition) is 1. The molecular weight excluding hydrogens is 342 g/mol. The minimum Gasteiger partial charge on any atom is -0.495 e. The number of hydrogen-bond acceptors (Lipinski definition) is 4. The second-order valence-electron chi connectivity index (χ2n) is 5.53. The number of halogens is 1. The Labute approximate surface area is 151 Å². The number of Topliss-reactive ketones (excluding diaryl/α,β-unsaturated/α-hetero) is 1. The second-order valence-corrected chi connectivity index (χ2v) is 5.96. The molecular formula is C19H20ClNO4. The molecule has 0 heterocycles. The smallest absolute Gasteiger partial charge is 0.262 e. The Morgan fingerprint density at radius 3 is 2.48 bits per heavy atom. The summed E-state index contributed by atoms with van der Waals surface area (Å²) in [5, 5.41) is 3.20. The van der Waals surface area contributed by atoms with Gasteiger partial charge in [0.1, 0.15) is 17.3 Å². The van der Waals surface area contributed by atoms with E-state index in [2.05, 4.69) is 5.32 Å². The maximum atomic E-state index is 12.0. The van der Waals surface area contributed by atoms with E-state index in [9.17, 15) is 9.59 Å². The molecule has 2 aromatic rings. The summed E-state index contributed by atoms with van der Waals surface area (Å²) in [4.78, 5) is 23.0. The van der Waals surface area contributed by atoms with Crippen LogP contribution in [0.5, 0.6) is 11.5 Å². The number of methoxy groups -OCH3 is 1. The normalized spacial score (nSPS) is 10.2. The van der Waals surface area contributed by atoms with E-state index < -0.39 is 0 Å². The predicted octanol–water partition coefficient (Wildman–Crippen LogP) is 3.89. The fraction of sp³-hybridized carbons (Fsp3) is 0.263. The average Bonchev–Trinajstić information content (AvgIpc) is 2.59. The molecule has 0 spiro atoms. The van der Waals surface area contributed by atoms with Crippen molar-refractivity contribution in [2.24, 2.45) is 0 Å². The first-order chi connectivity index (χ1) is 12.0. The van der Waals surface area contributed by atoms with Crippen molar-refractivity contribution in [3.63, 3.8) is 0 Å². The molecule has 0 aliphatic carbocycles. The zero-order chi connectivity index (χ0) is 18.2. The van der Waals surface area contributed by atoms with Gasteiger partial charge in [-0.1, -0.05) is 23.7 Å². The van der Waals surface area contributed by atoms with Gasteiger partial charge in [0.2, 0.25) is 0 Å². The summed E-state index contributed by atoms with van der Waals surface area (Å²) in [6, 6.07) is 12.3. The maximum Gasteiger partial charge on any atom is 0.262 e. The number of carbonyl (C=O) groups is 2. The van der Waals surface area contributed by atoms with Gasteiger partial charge in [-0.15, -0.1) is 0 Å². The van der Waals surface area contributed by atoms with Gasteiger partial charge in [-0.25, -0.2) is 0 Å². The van der Waals surface area contributed by atoms with Crippen molar-refractivity contribution in [1.82, 2.24) is 0 Å². The molecule has 5 nitrogen and oxygen atoms in total. The number of benzene rings is 2. The van der Waals surface area contributed by atoms with E-state index >= 15 is 0 Å². The van der Waals surface area contributed by atoms with Crippen LogP contribution in [0, 0.1) is 0 Å². The molecule has 0 aromatic heterocycles. The summed E-state index contributed by atoms with van der Waals surface area (Å²) in [7, 11) is 1.52. The summed E-state index contributed by atoms with van der Waals surface area (Å²) in [5.74, 6) is 0.946. The molecule has 25 heavy (non-hydrogen) atoms. The SMILES string of the molecule is COc1ccc(Cl)cc1NC(=O)COc1ccc(CCC(C)=O)cc1. The number of anilines is 1. The molecule has 0 radical (unpaired) electrons. The van der Waals surface area contributed by atoms with E-state index in [0.717, 1.165) is 5.56 Å². The number of nitrogens with one attached hydrogen (secondary N) is 1. The Bertz CT molecular complexity index is 744. The molecule has 0 atom stereocenters. The standard InChI is InChI=1S/C19H20ClNO4/c1-13(22)3-4-14-5-8-16(9-6-14)25-12-19(23)21-17-11-15(20)7-10-18(17)24-2/h5-11H,3-4,12H2,1-2H3,(H,21,23). The Morgan fingerprint density at radius 1 is 1.12 bits per heavy atom. The highest BCUT2D eigenvalue weighted by Crippen LogP contribution is 2.27. The monoisotopic (exact) mass is 361 g/mol. The third-order valence-electron chi connectivity index (χ3n) is 3.49. The molecule has 132 valence electrons. The van der Waals surface area contributed by atoms with E-state index in [1.165, 1.54) is 7.11 Å². The molecule has 1 amide bonds. The quantitative estimate of drug-likeness (QED) is 0.774. The van der Waals surface area contributed by atoms with Crippen LogP contribution in [0.2, 0.25) is 5.02 Å². The number of ether oxygens (including phenoxy) is 2. The molecule has 2 rings (SSSR count). The largest absolute Gasteiger partial charge is 0.495 e. The van der Waals surface area contributed by atoms with Crippen LogP contribution < -0.4 is 14.8 Å². The van der Waals surface area contributed by atoms with Crippen LogP contribution in [-0.2, 0) is 16.0 Å². The van der Waals surface area contributed by atoms with Crippen LogP contribution >= 0.6 is 11.6 Å². The topological polar surface area (TPSA) is 64.6 Å². The van der Waals surface area contributed by atoms with Gasteiger partial charge in [-0.05, 0) is 49.2 Å². The minimum absolute atomic E-state index is 0.136. The molecule has 6 heteroatoms. The summed E-state index contributed by atoms with van der Waals surface area (Å²) < 4.78 is 10.7. The summed E-state index contributed by atoms with van der Waals surface area (Å²) in [5.41, 5.74) is 1.54. The number of amides is 1. The molecule has 0 unspecified atom stereocenters. The molecule has 2 aromatic carbocycles. The van der Waals surface area contributed by atoms with Crippen LogP contribution in [0.3, 0.4) is 0 Å². The van der Waals surface area contributed by atoms with Crippen molar-refractivity contribution in [1.29, 1.82) is 0 Å². The first-order valence-corrected chi connectivity index (χ1v) is 8.20. The highest BCUT2D eigenvalue weighted by Gasteiger charge is 2.09. The highest BCUT2D eigenvalue weighted by molar-refractivity contribution is 6.31. The summed E-state index contributed by atoms with van der Waals surface area (Å²) in [6.07, 6.45) is 1.22. The lowest BCUT2D eigenvalue weighted by Gasteiger charge is -2.11. The van der Waals surface area contributed by atoms with Crippen molar-refractivity contribution >= 4 is 29.0 Å². The molecule has 0 fully saturated rings. The van der Waals surface area contributed by atoms with Crippen molar-refractivity contribution in [3.05, 3.63) is 53.1 Å².